The number of hydrogen-bond donors (Lipinski definition) is 1. The number of thioether (sulfide) groups is 1. The molecule has 116 valence electrons. The molecule has 1 atom stereocenters. The van der Waals surface area contributed by atoms with E-state index < -0.39 is 0 Å². The number of rotatable bonds is 7. The second-order valence-corrected chi connectivity index (χ2v) is 6.94. The summed E-state index contributed by atoms with van der Waals surface area (Å²) < 4.78 is 0. The van der Waals surface area contributed by atoms with Crippen LogP contribution in [0.25, 0.3) is 0 Å². The summed E-state index contributed by atoms with van der Waals surface area (Å²) in [6, 6.07) is 17.9. The molecule has 0 aliphatic rings. The van der Waals surface area contributed by atoms with Crippen LogP contribution in [0.15, 0.2) is 59.5 Å². The van der Waals surface area contributed by atoms with Crippen LogP contribution >= 0.6 is 23.4 Å². The molecule has 2 rings (SSSR count). The van der Waals surface area contributed by atoms with Gasteiger partial charge in [0, 0.05) is 16.5 Å². The quantitative estimate of drug-likeness (QED) is 0.594. The predicted molar refractivity (Wildman–Crippen MR) is 94.5 cm³/mol. The van der Waals surface area contributed by atoms with Crippen LogP contribution in [0.5, 0.6) is 0 Å². The zero-order valence-corrected chi connectivity index (χ0v) is 14.2. The average molecular weight is 334 g/mol. The Balaban J connectivity index is 1.69. The Morgan fingerprint density at radius 1 is 1.14 bits per heavy atom. The molecule has 22 heavy (non-hydrogen) atoms. The fourth-order valence-electron chi connectivity index (χ4n) is 2.06. The molecule has 1 unspecified atom stereocenters. The highest BCUT2D eigenvalue weighted by Crippen LogP contribution is 2.24. The van der Waals surface area contributed by atoms with E-state index in [9.17, 15) is 4.79 Å². The van der Waals surface area contributed by atoms with Gasteiger partial charge in [-0.2, -0.15) is 0 Å². The van der Waals surface area contributed by atoms with Gasteiger partial charge in [-0.05, 0) is 49.6 Å². The molecule has 0 bridgehead atoms. The van der Waals surface area contributed by atoms with Crippen LogP contribution in [0, 0.1) is 0 Å². The van der Waals surface area contributed by atoms with Crippen LogP contribution in [-0.2, 0) is 11.2 Å². The summed E-state index contributed by atoms with van der Waals surface area (Å²) in [4.78, 5) is 13.1. The fourth-order valence-corrected chi connectivity index (χ4v) is 3.08. The van der Waals surface area contributed by atoms with Crippen LogP contribution in [0.1, 0.15) is 18.9 Å². The lowest BCUT2D eigenvalue weighted by molar-refractivity contribution is -0.120. The van der Waals surface area contributed by atoms with Crippen LogP contribution in [0.3, 0.4) is 0 Å². The van der Waals surface area contributed by atoms with Crippen molar-refractivity contribution in [3.63, 3.8) is 0 Å². The molecule has 0 spiro atoms. The third-order valence-electron chi connectivity index (χ3n) is 3.28. The number of carbonyl (C=O) groups is 1. The van der Waals surface area contributed by atoms with E-state index in [4.69, 9.17) is 11.6 Å². The van der Waals surface area contributed by atoms with E-state index in [2.05, 4.69) is 17.4 Å². The van der Waals surface area contributed by atoms with Gasteiger partial charge in [0.15, 0.2) is 0 Å². The molecule has 2 aromatic rings. The van der Waals surface area contributed by atoms with E-state index in [0.717, 1.165) is 17.7 Å². The number of benzene rings is 2. The predicted octanol–water partition coefficient (Wildman–Crippen LogP) is 4.57. The summed E-state index contributed by atoms with van der Waals surface area (Å²) in [6.07, 6.45) is 1.94. The normalized spacial score (nSPS) is 11.9. The first-order valence-electron chi connectivity index (χ1n) is 7.39. The Morgan fingerprint density at radius 2 is 1.82 bits per heavy atom. The van der Waals surface area contributed by atoms with E-state index >= 15 is 0 Å². The van der Waals surface area contributed by atoms with Crippen molar-refractivity contribution in [2.75, 3.05) is 6.54 Å². The van der Waals surface area contributed by atoms with Gasteiger partial charge in [0.25, 0.3) is 0 Å². The molecule has 0 saturated heterocycles. The topological polar surface area (TPSA) is 29.1 Å². The summed E-state index contributed by atoms with van der Waals surface area (Å²) >= 11 is 7.40. The molecular weight excluding hydrogens is 314 g/mol. The molecule has 0 aromatic heterocycles. The van der Waals surface area contributed by atoms with Crippen LogP contribution < -0.4 is 5.32 Å². The molecule has 1 amide bonds. The summed E-state index contributed by atoms with van der Waals surface area (Å²) in [5.41, 5.74) is 1.31. The summed E-state index contributed by atoms with van der Waals surface area (Å²) in [5.74, 6) is 0.0769. The van der Waals surface area contributed by atoms with Gasteiger partial charge in [-0.15, -0.1) is 11.8 Å². The third kappa shape index (κ3) is 5.74. The SMILES string of the molecule is CC(Sc1ccc(Cl)cc1)C(=O)NCCCc1ccccc1. The third-order valence-corrected chi connectivity index (χ3v) is 4.64. The Labute approximate surface area is 141 Å². The maximum atomic E-state index is 12.1. The average Bonchev–Trinajstić information content (AvgIpc) is 2.54. The van der Waals surface area contributed by atoms with E-state index in [0.29, 0.717) is 11.6 Å². The first kappa shape index (κ1) is 16.9. The largest absolute Gasteiger partial charge is 0.355 e. The molecule has 0 saturated carbocycles. The second kappa shape index (κ2) is 8.86. The van der Waals surface area contributed by atoms with Gasteiger partial charge in [-0.3, -0.25) is 4.79 Å². The van der Waals surface area contributed by atoms with Crippen molar-refractivity contribution >= 4 is 29.3 Å². The second-order valence-electron chi connectivity index (χ2n) is 5.09. The van der Waals surface area contributed by atoms with Gasteiger partial charge >= 0.3 is 0 Å². The number of aryl methyl sites for hydroxylation is 1. The van der Waals surface area contributed by atoms with Gasteiger partial charge in [0.1, 0.15) is 0 Å². The molecule has 0 fully saturated rings. The van der Waals surface area contributed by atoms with E-state index in [1.165, 1.54) is 5.56 Å². The molecular formula is C18H20ClNOS. The lowest BCUT2D eigenvalue weighted by Gasteiger charge is -2.12. The zero-order chi connectivity index (χ0) is 15.8. The van der Waals surface area contributed by atoms with Gasteiger partial charge in [0.05, 0.1) is 5.25 Å². The number of hydrogen-bond acceptors (Lipinski definition) is 2. The first-order valence-corrected chi connectivity index (χ1v) is 8.65. The molecule has 2 aromatic carbocycles. The maximum Gasteiger partial charge on any atom is 0.233 e. The van der Waals surface area contributed by atoms with Crippen molar-refractivity contribution < 1.29 is 4.79 Å². The van der Waals surface area contributed by atoms with Gasteiger partial charge in [-0.1, -0.05) is 41.9 Å². The molecule has 0 aliphatic heterocycles. The summed E-state index contributed by atoms with van der Waals surface area (Å²) in [7, 11) is 0. The Bertz CT molecular complexity index is 586. The van der Waals surface area contributed by atoms with Crippen LogP contribution in [0.2, 0.25) is 5.02 Å². The monoisotopic (exact) mass is 333 g/mol. The molecule has 0 aliphatic carbocycles. The van der Waals surface area contributed by atoms with Gasteiger partial charge in [-0.25, -0.2) is 0 Å². The first-order chi connectivity index (χ1) is 10.6. The van der Waals surface area contributed by atoms with E-state index in [1.807, 2.05) is 49.4 Å². The van der Waals surface area contributed by atoms with Crippen molar-refractivity contribution in [3.8, 4) is 0 Å². The van der Waals surface area contributed by atoms with Crippen LogP contribution in [-0.4, -0.2) is 17.7 Å². The molecule has 4 heteroatoms. The van der Waals surface area contributed by atoms with Gasteiger partial charge in [0.2, 0.25) is 5.91 Å². The Hall–Kier alpha value is -1.45. The molecule has 0 heterocycles. The standard InChI is InChI=1S/C18H20ClNOS/c1-14(22-17-11-9-16(19)10-12-17)18(21)20-13-5-8-15-6-3-2-4-7-15/h2-4,6-7,9-12,14H,5,8,13H2,1H3,(H,20,21). The van der Waals surface area contributed by atoms with Crippen molar-refractivity contribution in [1.29, 1.82) is 0 Å². The Morgan fingerprint density at radius 3 is 2.50 bits per heavy atom. The zero-order valence-electron chi connectivity index (χ0n) is 12.6. The van der Waals surface area contributed by atoms with Crippen LogP contribution in [0.4, 0.5) is 0 Å². The smallest absolute Gasteiger partial charge is 0.233 e. The highest BCUT2D eigenvalue weighted by Gasteiger charge is 2.13. The minimum absolute atomic E-state index is 0.0769. The number of nitrogens with one attached hydrogen (secondary N) is 1. The maximum absolute atomic E-state index is 12.1. The lowest BCUT2D eigenvalue weighted by Crippen LogP contribution is -2.31. The molecule has 1 N–H and O–H groups in total. The van der Waals surface area contributed by atoms with Gasteiger partial charge < -0.3 is 5.32 Å². The Kier molecular flexibility index (Phi) is 6.81. The van der Waals surface area contributed by atoms with E-state index in [1.54, 1.807) is 11.8 Å². The van der Waals surface area contributed by atoms with Crippen molar-refractivity contribution in [2.24, 2.45) is 0 Å². The van der Waals surface area contributed by atoms with Crippen molar-refractivity contribution in [1.82, 2.24) is 5.32 Å². The highest BCUT2D eigenvalue weighted by atomic mass is 35.5. The molecule has 0 radical (unpaired) electrons. The number of carbonyl (C=O) groups excluding carboxylic acids is 1. The number of amides is 1. The fraction of sp³-hybridized carbons (Fsp3) is 0.278. The minimum atomic E-state index is -0.113. The van der Waals surface area contributed by atoms with E-state index in [-0.39, 0.29) is 11.2 Å². The highest BCUT2D eigenvalue weighted by molar-refractivity contribution is 8.00. The summed E-state index contributed by atoms with van der Waals surface area (Å²) in [5, 5.41) is 3.60. The number of halogens is 1. The molecule has 2 nitrogen and oxygen atoms in total. The van der Waals surface area contributed by atoms with Crippen molar-refractivity contribution in [2.45, 2.75) is 29.9 Å². The minimum Gasteiger partial charge on any atom is -0.355 e. The lowest BCUT2D eigenvalue weighted by atomic mass is 10.1. The van der Waals surface area contributed by atoms with Crippen molar-refractivity contribution in [3.05, 3.63) is 65.2 Å². The summed E-state index contributed by atoms with van der Waals surface area (Å²) in [6.45, 7) is 2.63.